The number of amides is 2. The van der Waals surface area contributed by atoms with Gasteiger partial charge in [0.25, 0.3) is 5.91 Å². The zero-order chi connectivity index (χ0) is 23.5. The minimum absolute atomic E-state index is 0.0416. The molecule has 4 rings (SSSR count). The topological polar surface area (TPSA) is 85.3 Å². The molecule has 33 heavy (non-hydrogen) atoms. The standard InChI is InChI=1S/C26H30N4O3/c1-16-9-10-20(14-24(16)30-18(3)13-17(2)29-30)26(32)28-23-8-6-5-7-22(23)25-15-21(11-12-33-25)27-19(4)31/h5-10,13-14,21,25H,11-12,15H2,1-4H3,(H,27,31)(H,28,32)/t21-,25+/m1/s1. The number of para-hydroxylation sites is 1. The van der Waals surface area contributed by atoms with Gasteiger partial charge in [-0.25, -0.2) is 4.68 Å². The molecule has 1 aliphatic heterocycles. The van der Waals surface area contributed by atoms with Crippen LogP contribution in [0.15, 0.2) is 48.5 Å². The van der Waals surface area contributed by atoms with Crippen LogP contribution in [0.5, 0.6) is 0 Å². The maximum atomic E-state index is 13.2. The molecule has 2 aromatic carbocycles. The van der Waals surface area contributed by atoms with Crippen LogP contribution < -0.4 is 10.6 Å². The zero-order valence-corrected chi connectivity index (χ0v) is 19.5. The normalized spacial score (nSPS) is 18.1. The summed E-state index contributed by atoms with van der Waals surface area (Å²) in [6.45, 7) is 8.05. The molecule has 0 aliphatic carbocycles. The number of aromatic nitrogens is 2. The number of benzene rings is 2. The maximum Gasteiger partial charge on any atom is 0.255 e. The van der Waals surface area contributed by atoms with Crippen molar-refractivity contribution in [3.63, 3.8) is 0 Å². The molecule has 2 N–H and O–H groups in total. The lowest BCUT2D eigenvalue weighted by molar-refractivity contribution is -0.120. The fourth-order valence-electron chi connectivity index (χ4n) is 4.37. The van der Waals surface area contributed by atoms with E-state index < -0.39 is 0 Å². The largest absolute Gasteiger partial charge is 0.373 e. The van der Waals surface area contributed by atoms with Gasteiger partial charge in [0.15, 0.2) is 0 Å². The third kappa shape index (κ3) is 5.14. The molecule has 0 unspecified atom stereocenters. The zero-order valence-electron chi connectivity index (χ0n) is 19.5. The van der Waals surface area contributed by atoms with Gasteiger partial charge in [0.1, 0.15) is 0 Å². The van der Waals surface area contributed by atoms with E-state index in [1.807, 2.05) is 74.0 Å². The molecule has 172 valence electrons. The summed E-state index contributed by atoms with van der Waals surface area (Å²) in [5.74, 6) is -0.237. The minimum atomic E-state index is -0.199. The Morgan fingerprint density at radius 2 is 1.88 bits per heavy atom. The molecule has 2 heterocycles. The molecule has 0 spiro atoms. The van der Waals surface area contributed by atoms with Gasteiger partial charge in [0.05, 0.1) is 17.5 Å². The Kier molecular flexibility index (Phi) is 6.60. The molecule has 3 aromatic rings. The van der Waals surface area contributed by atoms with E-state index in [-0.39, 0.29) is 24.0 Å². The van der Waals surface area contributed by atoms with Gasteiger partial charge in [-0.05, 0) is 63.4 Å². The summed E-state index contributed by atoms with van der Waals surface area (Å²) in [6, 6.07) is 15.4. The highest BCUT2D eigenvalue weighted by molar-refractivity contribution is 6.05. The first-order valence-corrected chi connectivity index (χ1v) is 11.2. The Morgan fingerprint density at radius 3 is 2.61 bits per heavy atom. The monoisotopic (exact) mass is 446 g/mol. The lowest BCUT2D eigenvalue weighted by Crippen LogP contribution is -2.38. The highest BCUT2D eigenvalue weighted by atomic mass is 16.5. The Bertz CT molecular complexity index is 1180. The second-order valence-corrected chi connectivity index (χ2v) is 8.66. The SMILES string of the molecule is CC(=O)N[C@@H]1CCO[C@H](c2ccccc2NC(=O)c2ccc(C)c(-n3nc(C)cc3C)c2)C1. The number of hydrogen-bond donors (Lipinski definition) is 2. The Balaban J connectivity index is 1.57. The molecule has 2 atom stereocenters. The van der Waals surface area contributed by atoms with Crippen molar-refractivity contribution in [2.45, 2.75) is 52.7 Å². The van der Waals surface area contributed by atoms with Gasteiger partial charge >= 0.3 is 0 Å². The van der Waals surface area contributed by atoms with Gasteiger partial charge in [0.2, 0.25) is 5.91 Å². The van der Waals surface area contributed by atoms with Gasteiger partial charge in [-0.2, -0.15) is 5.10 Å². The smallest absolute Gasteiger partial charge is 0.255 e. The number of anilines is 1. The van der Waals surface area contributed by atoms with Crippen LogP contribution >= 0.6 is 0 Å². The lowest BCUT2D eigenvalue weighted by atomic mass is 9.96. The number of carbonyl (C=O) groups is 2. The van der Waals surface area contributed by atoms with Crippen molar-refractivity contribution in [1.82, 2.24) is 15.1 Å². The van der Waals surface area contributed by atoms with Gasteiger partial charge in [-0.15, -0.1) is 0 Å². The maximum absolute atomic E-state index is 13.2. The van der Waals surface area contributed by atoms with Crippen molar-refractivity contribution >= 4 is 17.5 Å². The first-order valence-electron chi connectivity index (χ1n) is 11.2. The average Bonchev–Trinajstić information content (AvgIpc) is 3.11. The molecular weight excluding hydrogens is 416 g/mol. The number of aryl methyl sites for hydroxylation is 3. The van der Waals surface area contributed by atoms with Crippen molar-refractivity contribution in [3.8, 4) is 5.69 Å². The van der Waals surface area contributed by atoms with E-state index >= 15 is 0 Å². The lowest BCUT2D eigenvalue weighted by Gasteiger charge is -2.31. The quantitative estimate of drug-likeness (QED) is 0.608. The Morgan fingerprint density at radius 1 is 1.09 bits per heavy atom. The van der Waals surface area contributed by atoms with E-state index in [9.17, 15) is 9.59 Å². The van der Waals surface area contributed by atoms with Gasteiger partial charge in [0, 0.05) is 42.1 Å². The number of nitrogens with one attached hydrogen (secondary N) is 2. The Hall–Kier alpha value is -3.45. The van der Waals surface area contributed by atoms with E-state index in [2.05, 4.69) is 15.7 Å². The molecule has 1 fully saturated rings. The van der Waals surface area contributed by atoms with Crippen LogP contribution in [0.2, 0.25) is 0 Å². The number of hydrogen-bond acceptors (Lipinski definition) is 4. The third-order valence-electron chi connectivity index (χ3n) is 5.96. The van der Waals surface area contributed by atoms with E-state index in [0.717, 1.165) is 34.6 Å². The Labute approximate surface area is 194 Å². The van der Waals surface area contributed by atoms with Gasteiger partial charge in [-0.3, -0.25) is 9.59 Å². The fraction of sp³-hybridized carbons (Fsp3) is 0.346. The molecule has 7 nitrogen and oxygen atoms in total. The molecule has 2 amide bonds. The molecule has 0 saturated carbocycles. The summed E-state index contributed by atoms with van der Waals surface area (Å²) in [6.07, 6.45) is 1.25. The van der Waals surface area contributed by atoms with Crippen LogP contribution in [-0.2, 0) is 9.53 Å². The summed E-state index contributed by atoms with van der Waals surface area (Å²) >= 11 is 0. The summed E-state index contributed by atoms with van der Waals surface area (Å²) in [5, 5.41) is 10.6. The second-order valence-electron chi connectivity index (χ2n) is 8.66. The predicted octanol–water partition coefficient (Wildman–Crippen LogP) is 4.41. The van der Waals surface area contributed by atoms with Crippen molar-refractivity contribution in [2.24, 2.45) is 0 Å². The fourth-order valence-corrected chi connectivity index (χ4v) is 4.37. The van der Waals surface area contributed by atoms with Crippen LogP contribution in [0.1, 0.15) is 58.7 Å². The van der Waals surface area contributed by atoms with Crippen molar-refractivity contribution in [3.05, 3.63) is 76.6 Å². The third-order valence-corrected chi connectivity index (χ3v) is 5.96. The van der Waals surface area contributed by atoms with Crippen LogP contribution in [0, 0.1) is 20.8 Å². The molecule has 1 aliphatic rings. The van der Waals surface area contributed by atoms with Gasteiger partial charge < -0.3 is 15.4 Å². The molecule has 1 saturated heterocycles. The molecule has 0 radical (unpaired) electrons. The summed E-state index contributed by atoms with van der Waals surface area (Å²) in [4.78, 5) is 24.7. The van der Waals surface area contributed by atoms with E-state index in [1.165, 1.54) is 6.92 Å². The first kappa shape index (κ1) is 22.7. The van der Waals surface area contributed by atoms with E-state index in [4.69, 9.17) is 4.74 Å². The number of carbonyl (C=O) groups excluding carboxylic acids is 2. The summed E-state index contributed by atoms with van der Waals surface area (Å²) in [5.41, 5.74) is 6.05. The summed E-state index contributed by atoms with van der Waals surface area (Å²) in [7, 11) is 0. The molecule has 0 bridgehead atoms. The highest BCUT2D eigenvalue weighted by Gasteiger charge is 2.26. The van der Waals surface area contributed by atoms with Crippen molar-refractivity contribution in [2.75, 3.05) is 11.9 Å². The van der Waals surface area contributed by atoms with Crippen LogP contribution in [0.25, 0.3) is 5.69 Å². The van der Waals surface area contributed by atoms with Crippen molar-refractivity contribution < 1.29 is 14.3 Å². The van der Waals surface area contributed by atoms with Crippen LogP contribution in [0.3, 0.4) is 0 Å². The first-order chi connectivity index (χ1) is 15.8. The predicted molar refractivity (Wildman–Crippen MR) is 128 cm³/mol. The highest BCUT2D eigenvalue weighted by Crippen LogP contribution is 2.33. The van der Waals surface area contributed by atoms with E-state index in [0.29, 0.717) is 24.3 Å². The van der Waals surface area contributed by atoms with Crippen molar-refractivity contribution in [1.29, 1.82) is 0 Å². The van der Waals surface area contributed by atoms with E-state index in [1.54, 1.807) is 0 Å². The molecular formula is C26H30N4O3. The summed E-state index contributed by atoms with van der Waals surface area (Å²) < 4.78 is 7.87. The number of ether oxygens (including phenoxy) is 1. The second kappa shape index (κ2) is 9.58. The minimum Gasteiger partial charge on any atom is -0.373 e. The molecule has 7 heteroatoms. The number of rotatable bonds is 5. The molecule has 1 aromatic heterocycles. The van der Waals surface area contributed by atoms with Gasteiger partial charge in [-0.1, -0.05) is 24.3 Å². The number of nitrogens with zero attached hydrogens (tertiary/aromatic N) is 2. The average molecular weight is 447 g/mol. The van der Waals surface area contributed by atoms with Crippen LogP contribution in [-0.4, -0.2) is 34.2 Å². The van der Waals surface area contributed by atoms with Crippen LogP contribution in [0.4, 0.5) is 5.69 Å².